The van der Waals surface area contributed by atoms with Crippen LogP contribution in [0.4, 0.5) is 0 Å². The molecule has 1 aliphatic rings. The molecule has 6 nitrogen and oxygen atoms in total. The Hall–Kier alpha value is -1.73. The largest absolute Gasteiger partial charge is 0.496 e. The van der Waals surface area contributed by atoms with Gasteiger partial charge in [-0.05, 0) is 44.4 Å². The zero-order valence-electron chi connectivity index (χ0n) is 15.9. The van der Waals surface area contributed by atoms with Crippen LogP contribution in [0.15, 0.2) is 24.3 Å². The van der Waals surface area contributed by atoms with E-state index in [2.05, 4.69) is 5.32 Å². The van der Waals surface area contributed by atoms with Crippen LogP contribution in [0.1, 0.15) is 30.6 Å². The van der Waals surface area contributed by atoms with Crippen molar-refractivity contribution in [2.45, 2.75) is 38.5 Å². The summed E-state index contributed by atoms with van der Waals surface area (Å²) < 4.78 is 11.0. The summed E-state index contributed by atoms with van der Waals surface area (Å²) >= 11 is 1.65. The summed E-state index contributed by atoms with van der Waals surface area (Å²) in [6.07, 6.45) is 2.56. The van der Waals surface area contributed by atoms with E-state index in [1.807, 2.05) is 26.2 Å². The Kier molecular flexibility index (Phi) is 7.78. The summed E-state index contributed by atoms with van der Waals surface area (Å²) in [7, 11) is 1.53. The van der Waals surface area contributed by atoms with Crippen molar-refractivity contribution < 1.29 is 19.1 Å². The molecule has 2 rings (SSSR count). The molecular weight excluding hydrogens is 352 g/mol. The molecule has 0 aliphatic carbocycles. The van der Waals surface area contributed by atoms with Gasteiger partial charge in [0.15, 0.2) is 0 Å². The van der Waals surface area contributed by atoms with Crippen LogP contribution in [0.2, 0.25) is 0 Å². The number of ether oxygens (including phenoxy) is 2. The highest BCUT2D eigenvalue weighted by molar-refractivity contribution is 7.98. The van der Waals surface area contributed by atoms with Gasteiger partial charge in [0, 0.05) is 13.1 Å². The zero-order chi connectivity index (χ0) is 19.1. The van der Waals surface area contributed by atoms with Crippen LogP contribution in [0, 0.1) is 0 Å². The number of amides is 2. The average molecular weight is 381 g/mol. The van der Waals surface area contributed by atoms with Crippen molar-refractivity contribution >= 4 is 23.6 Å². The van der Waals surface area contributed by atoms with Gasteiger partial charge in [-0.25, -0.2) is 0 Å². The summed E-state index contributed by atoms with van der Waals surface area (Å²) in [4.78, 5) is 27.6. The summed E-state index contributed by atoms with van der Waals surface area (Å²) in [5.41, 5.74) is 0.431. The Balaban J connectivity index is 2.13. The van der Waals surface area contributed by atoms with Crippen molar-refractivity contribution in [2.24, 2.45) is 0 Å². The highest BCUT2D eigenvalue weighted by Gasteiger charge is 2.31. The molecule has 0 unspecified atom stereocenters. The summed E-state index contributed by atoms with van der Waals surface area (Å²) in [5, 5.41) is 2.91. The standard InChI is InChI=1S/C19H28N2O4S/c1-13-11-21(12-14(2)25-13)19(23)16(9-10-26-4)20-18(22)15-7-5-6-8-17(15)24-3/h5-8,13-14,16H,9-12H2,1-4H3,(H,20,22)/t13-,14+,16-/m1/s1. The number of nitrogens with one attached hydrogen (secondary N) is 1. The van der Waals surface area contributed by atoms with E-state index in [0.717, 1.165) is 5.75 Å². The maximum atomic E-state index is 13.0. The molecule has 1 saturated heterocycles. The predicted octanol–water partition coefficient (Wildman–Crippen LogP) is 2.18. The fourth-order valence-corrected chi connectivity index (χ4v) is 3.61. The van der Waals surface area contributed by atoms with E-state index >= 15 is 0 Å². The van der Waals surface area contributed by atoms with E-state index in [1.54, 1.807) is 34.9 Å². The second-order valence-electron chi connectivity index (χ2n) is 6.51. The van der Waals surface area contributed by atoms with Crippen molar-refractivity contribution in [1.29, 1.82) is 0 Å². The van der Waals surface area contributed by atoms with Crippen LogP contribution in [-0.4, -0.2) is 67.2 Å². The van der Waals surface area contributed by atoms with Crippen LogP contribution in [-0.2, 0) is 9.53 Å². The molecule has 2 amide bonds. The van der Waals surface area contributed by atoms with E-state index < -0.39 is 6.04 Å². The van der Waals surface area contributed by atoms with Crippen molar-refractivity contribution in [1.82, 2.24) is 10.2 Å². The molecule has 0 spiro atoms. The molecule has 1 heterocycles. The van der Waals surface area contributed by atoms with E-state index in [4.69, 9.17) is 9.47 Å². The number of benzene rings is 1. The highest BCUT2D eigenvalue weighted by Crippen LogP contribution is 2.18. The van der Waals surface area contributed by atoms with Crippen LogP contribution >= 0.6 is 11.8 Å². The first-order chi connectivity index (χ1) is 12.5. The number of methoxy groups -OCH3 is 1. The third kappa shape index (κ3) is 5.38. The number of carbonyl (C=O) groups excluding carboxylic acids is 2. The SMILES string of the molecule is COc1ccccc1C(=O)N[C@H](CCSC)C(=O)N1C[C@@H](C)O[C@@H](C)C1. The molecule has 1 N–H and O–H groups in total. The minimum atomic E-state index is -0.558. The number of hydrogen-bond donors (Lipinski definition) is 1. The van der Waals surface area contributed by atoms with Gasteiger partial charge >= 0.3 is 0 Å². The number of thioether (sulfide) groups is 1. The van der Waals surface area contributed by atoms with Gasteiger partial charge in [0.05, 0.1) is 24.9 Å². The molecule has 144 valence electrons. The van der Waals surface area contributed by atoms with E-state index in [-0.39, 0.29) is 24.0 Å². The molecule has 0 radical (unpaired) electrons. The second kappa shape index (κ2) is 9.83. The maximum absolute atomic E-state index is 13.0. The highest BCUT2D eigenvalue weighted by atomic mass is 32.2. The number of nitrogens with zero attached hydrogens (tertiary/aromatic N) is 1. The molecule has 3 atom stereocenters. The van der Waals surface area contributed by atoms with Gasteiger partial charge in [0.2, 0.25) is 5.91 Å². The van der Waals surface area contributed by atoms with Gasteiger partial charge in [-0.3, -0.25) is 9.59 Å². The number of para-hydroxylation sites is 1. The van der Waals surface area contributed by atoms with Crippen molar-refractivity contribution in [3.05, 3.63) is 29.8 Å². The molecule has 7 heteroatoms. The smallest absolute Gasteiger partial charge is 0.255 e. The first-order valence-electron chi connectivity index (χ1n) is 8.83. The maximum Gasteiger partial charge on any atom is 0.255 e. The number of morpholine rings is 1. The fraction of sp³-hybridized carbons (Fsp3) is 0.579. The molecule has 0 aromatic heterocycles. The lowest BCUT2D eigenvalue weighted by atomic mass is 10.1. The lowest BCUT2D eigenvalue weighted by molar-refractivity contribution is -0.145. The zero-order valence-corrected chi connectivity index (χ0v) is 16.7. The molecule has 26 heavy (non-hydrogen) atoms. The molecule has 1 aromatic rings. The van der Waals surface area contributed by atoms with Crippen LogP contribution < -0.4 is 10.1 Å². The summed E-state index contributed by atoms with van der Waals surface area (Å²) in [6, 6.07) is 6.46. The van der Waals surface area contributed by atoms with Gasteiger partial charge in [0.25, 0.3) is 5.91 Å². The summed E-state index contributed by atoms with van der Waals surface area (Å²) in [5.74, 6) is 0.938. The normalized spacial score (nSPS) is 21.2. The summed E-state index contributed by atoms with van der Waals surface area (Å²) in [6.45, 7) is 5.01. The Labute approximate surface area is 159 Å². The van der Waals surface area contributed by atoms with Gasteiger partial charge in [-0.2, -0.15) is 11.8 Å². The minimum absolute atomic E-state index is 0.00572. The predicted molar refractivity (Wildman–Crippen MR) is 104 cm³/mol. The van der Waals surface area contributed by atoms with Crippen molar-refractivity contribution in [2.75, 3.05) is 32.2 Å². The minimum Gasteiger partial charge on any atom is -0.496 e. The van der Waals surface area contributed by atoms with Gasteiger partial charge in [-0.1, -0.05) is 12.1 Å². The number of carbonyl (C=O) groups is 2. The first-order valence-corrected chi connectivity index (χ1v) is 10.2. The van der Waals surface area contributed by atoms with E-state index in [1.165, 1.54) is 7.11 Å². The Morgan fingerprint density at radius 2 is 1.96 bits per heavy atom. The lowest BCUT2D eigenvalue weighted by Gasteiger charge is -2.37. The fourth-order valence-electron chi connectivity index (χ4n) is 3.14. The van der Waals surface area contributed by atoms with Gasteiger partial charge < -0.3 is 19.7 Å². The monoisotopic (exact) mass is 380 g/mol. The molecule has 1 aliphatic heterocycles. The Morgan fingerprint density at radius 1 is 1.31 bits per heavy atom. The molecule has 0 bridgehead atoms. The topological polar surface area (TPSA) is 67.9 Å². The van der Waals surface area contributed by atoms with E-state index in [0.29, 0.717) is 30.8 Å². The molecule has 1 aromatic carbocycles. The quantitative estimate of drug-likeness (QED) is 0.785. The van der Waals surface area contributed by atoms with Crippen LogP contribution in [0.3, 0.4) is 0 Å². The van der Waals surface area contributed by atoms with Crippen molar-refractivity contribution in [3.8, 4) is 5.75 Å². The average Bonchev–Trinajstić information content (AvgIpc) is 2.63. The second-order valence-corrected chi connectivity index (χ2v) is 7.49. The van der Waals surface area contributed by atoms with Gasteiger partial charge in [0.1, 0.15) is 11.8 Å². The van der Waals surface area contributed by atoms with Crippen LogP contribution in [0.5, 0.6) is 5.75 Å². The number of hydrogen-bond acceptors (Lipinski definition) is 5. The molecule has 0 saturated carbocycles. The third-order valence-corrected chi connectivity index (χ3v) is 4.94. The van der Waals surface area contributed by atoms with Crippen molar-refractivity contribution in [3.63, 3.8) is 0 Å². The number of rotatable bonds is 7. The van der Waals surface area contributed by atoms with E-state index in [9.17, 15) is 9.59 Å². The third-order valence-electron chi connectivity index (χ3n) is 4.30. The molecule has 1 fully saturated rings. The first kappa shape index (κ1) is 20.6. The lowest BCUT2D eigenvalue weighted by Crippen LogP contribution is -2.55. The Bertz CT molecular complexity index is 615. The molecular formula is C19H28N2O4S. The van der Waals surface area contributed by atoms with Crippen LogP contribution in [0.25, 0.3) is 0 Å². The van der Waals surface area contributed by atoms with Gasteiger partial charge in [-0.15, -0.1) is 0 Å². The Morgan fingerprint density at radius 3 is 2.58 bits per heavy atom.